The van der Waals surface area contributed by atoms with Crippen LogP contribution in [0.4, 0.5) is 5.82 Å². The van der Waals surface area contributed by atoms with E-state index < -0.39 is 0 Å². The Hall–Kier alpha value is -2.47. The lowest BCUT2D eigenvalue weighted by Crippen LogP contribution is -2.36. The van der Waals surface area contributed by atoms with Crippen molar-refractivity contribution in [3.8, 4) is 0 Å². The van der Waals surface area contributed by atoms with E-state index in [2.05, 4.69) is 34.0 Å². The normalized spacial score (nSPS) is 17.0. The van der Waals surface area contributed by atoms with Crippen LogP contribution in [0, 0.1) is 0 Å². The van der Waals surface area contributed by atoms with Gasteiger partial charge in [0.05, 0.1) is 6.54 Å². The number of nitrogens with zero attached hydrogens (tertiary/aromatic N) is 4. The van der Waals surface area contributed by atoms with Crippen molar-refractivity contribution in [1.82, 2.24) is 19.8 Å². The molecule has 1 saturated heterocycles. The van der Waals surface area contributed by atoms with Gasteiger partial charge < -0.3 is 10.6 Å². The predicted octanol–water partition coefficient (Wildman–Crippen LogP) is 2.11. The molecule has 6 heteroatoms. The van der Waals surface area contributed by atoms with Gasteiger partial charge in [-0.3, -0.25) is 9.69 Å². The summed E-state index contributed by atoms with van der Waals surface area (Å²) in [5.41, 5.74) is 7.01. The summed E-state index contributed by atoms with van der Waals surface area (Å²) in [4.78, 5) is 25.2. The van der Waals surface area contributed by atoms with Crippen molar-refractivity contribution in [3.63, 3.8) is 0 Å². The second kappa shape index (κ2) is 8.76. The Balaban J connectivity index is 1.43. The quantitative estimate of drug-likeness (QED) is 0.825. The van der Waals surface area contributed by atoms with E-state index in [0.717, 1.165) is 38.2 Å². The van der Waals surface area contributed by atoms with Crippen LogP contribution in [0.5, 0.6) is 0 Å². The number of carbonyl (C=O) groups excluding carboxylic acids is 1. The van der Waals surface area contributed by atoms with E-state index in [1.54, 1.807) is 12.3 Å². The summed E-state index contributed by atoms with van der Waals surface area (Å²) in [6.45, 7) is 2.26. The first-order valence-electron chi connectivity index (χ1n) is 9.21. The summed E-state index contributed by atoms with van der Waals surface area (Å²) >= 11 is 0. The van der Waals surface area contributed by atoms with Gasteiger partial charge in [-0.25, -0.2) is 9.97 Å². The van der Waals surface area contributed by atoms with Gasteiger partial charge in [0, 0.05) is 31.7 Å². The number of likely N-dealkylation sites (N-methyl/N-ethyl adjacent to an activating group) is 1. The monoisotopic (exact) mass is 353 g/mol. The van der Waals surface area contributed by atoms with Crippen molar-refractivity contribution in [2.24, 2.45) is 0 Å². The Labute approximate surface area is 155 Å². The third kappa shape index (κ3) is 5.02. The fourth-order valence-corrected chi connectivity index (χ4v) is 3.42. The molecule has 1 amide bonds. The lowest BCUT2D eigenvalue weighted by Gasteiger charge is -2.24. The van der Waals surface area contributed by atoms with Crippen LogP contribution in [-0.2, 0) is 17.8 Å². The molecular weight excluding hydrogens is 326 g/mol. The first kappa shape index (κ1) is 18.3. The van der Waals surface area contributed by atoms with Crippen LogP contribution >= 0.6 is 0 Å². The topological polar surface area (TPSA) is 75.4 Å². The number of likely N-dealkylation sites (tertiary alicyclic amines) is 1. The van der Waals surface area contributed by atoms with Crippen LogP contribution in [0.1, 0.15) is 30.7 Å². The minimum absolute atomic E-state index is 0.261. The molecule has 2 N–H and O–H groups in total. The molecule has 1 fully saturated rings. The van der Waals surface area contributed by atoms with E-state index >= 15 is 0 Å². The number of aromatic nitrogens is 2. The highest BCUT2D eigenvalue weighted by molar-refractivity contribution is 5.76. The van der Waals surface area contributed by atoms with Crippen molar-refractivity contribution >= 4 is 11.7 Å². The maximum atomic E-state index is 12.5. The van der Waals surface area contributed by atoms with Crippen LogP contribution in [0.25, 0.3) is 0 Å². The molecule has 0 unspecified atom stereocenters. The molecule has 3 rings (SSSR count). The second-order valence-corrected chi connectivity index (χ2v) is 6.93. The number of hydrogen-bond acceptors (Lipinski definition) is 5. The van der Waals surface area contributed by atoms with E-state index in [-0.39, 0.29) is 5.91 Å². The number of aryl methyl sites for hydroxylation is 1. The molecule has 0 aliphatic carbocycles. The summed E-state index contributed by atoms with van der Waals surface area (Å²) in [5.74, 6) is 1.47. The molecule has 1 atom stereocenters. The molecule has 2 heterocycles. The van der Waals surface area contributed by atoms with Crippen molar-refractivity contribution < 1.29 is 4.79 Å². The van der Waals surface area contributed by atoms with Crippen molar-refractivity contribution in [2.75, 3.05) is 25.9 Å². The molecule has 1 aliphatic heterocycles. The Bertz CT molecular complexity index is 721. The first-order valence-corrected chi connectivity index (χ1v) is 9.21. The summed E-state index contributed by atoms with van der Waals surface area (Å²) in [7, 11) is 2.06. The van der Waals surface area contributed by atoms with E-state index in [1.807, 2.05) is 23.1 Å². The van der Waals surface area contributed by atoms with Gasteiger partial charge in [-0.2, -0.15) is 0 Å². The largest absolute Gasteiger partial charge is 0.384 e. The van der Waals surface area contributed by atoms with Crippen molar-refractivity contribution in [3.05, 3.63) is 54.0 Å². The highest BCUT2D eigenvalue weighted by Gasteiger charge is 2.28. The van der Waals surface area contributed by atoms with Crippen molar-refractivity contribution in [2.45, 2.75) is 38.3 Å². The number of benzene rings is 1. The van der Waals surface area contributed by atoms with Gasteiger partial charge in [-0.1, -0.05) is 30.3 Å². The van der Waals surface area contributed by atoms with Crippen LogP contribution < -0.4 is 5.73 Å². The van der Waals surface area contributed by atoms with Gasteiger partial charge in [0.15, 0.2) is 0 Å². The molecule has 1 aromatic carbocycles. The molecule has 26 heavy (non-hydrogen) atoms. The number of anilines is 1. The van der Waals surface area contributed by atoms with E-state index in [4.69, 9.17) is 5.73 Å². The van der Waals surface area contributed by atoms with Gasteiger partial charge in [0.2, 0.25) is 5.91 Å². The Kier molecular flexibility index (Phi) is 6.17. The molecule has 6 nitrogen and oxygen atoms in total. The SMILES string of the molecule is CN(Cc1nccc(N)n1)[C@H]1CCN(C(=O)CCCc2ccccc2)C1. The number of hydrogen-bond donors (Lipinski definition) is 1. The zero-order valence-corrected chi connectivity index (χ0v) is 15.3. The van der Waals surface area contributed by atoms with Gasteiger partial charge >= 0.3 is 0 Å². The van der Waals surface area contributed by atoms with Crippen LogP contribution in [0.15, 0.2) is 42.6 Å². The fourth-order valence-electron chi connectivity index (χ4n) is 3.42. The predicted molar refractivity (Wildman–Crippen MR) is 102 cm³/mol. The number of nitrogens with two attached hydrogens (primary N) is 1. The fraction of sp³-hybridized carbons (Fsp3) is 0.450. The standard InChI is InChI=1S/C20H27N5O/c1-24(15-19-22-12-10-18(21)23-19)17-11-13-25(14-17)20(26)9-5-8-16-6-3-2-4-7-16/h2-4,6-7,10,12,17H,5,8-9,11,13-15H2,1H3,(H2,21,22,23)/t17-/m0/s1. The molecule has 0 spiro atoms. The van der Waals surface area contributed by atoms with Crippen molar-refractivity contribution in [1.29, 1.82) is 0 Å². The Morgan fingerprint density at radius 1 is 1.31 bits per heavy atom. The minimum atomic E-state index is 0.261. The smallest absolute Gasteiger partial charge is 0.222 e. The third-order valence-electron chi connectivity index (χ3n) is 4.96. The van der Waals surface area contributed by atoms with Gasteiger partial charge in [0.1, 0.15) is 11.6 Å². The molecule has 0 bridgehead atoms. The van der Waals surface area contributed by atoms with E-state index in [1.165, 1.54) is 5.56 Å². The summed E-state index contributed by atoms with van der Waals surface area (Å²) in [5, 5.41) is 0. The molecule has 0 saturated carbocycles. The van der Waals surface area contributed by atoms with Crippen LogP contribution in [0.3, 0.4) is 0 Å². The van der Waals surface area contributed by atoms with E-state index in [9.17, 15) is 4.79 Å². The van der Waals surface area contributed by atoms with Gasteiger partial charge in [-0.05, 0) is 37.9 Å². The minimum Gasteiger partial charge on any atom is -0.384 e. The first-order chi connectivity index (χ1) is 12.6. The third-order valence-corrected chi connectivity index (χ3v) is 4.96. The Morgan fingerprint density at radius 3 is 2.88 bits per heavy atom. The van der Waals surface area contributed by atoms with Gasteiger partial charge in [-0.15, -0.1) is 0 Å². The lowest BCUT2D eigenvalue weighted by atomic mass is 10.1. The average Bonchev–Trinajstić information content (AvgIpc) is 3.13. The van der Waals surface area contributed by atoms with E-state index in [0.29, 0.717) is 24.8 Å². The van der Waals surface area contributed by atoms with Crippen LogP contribution in [0.2, 0.25) is 0 Å². The number of amides is 1. The zero-order valence-electron chi connectivity index (χ0n) is 15.3. The molecular formula is C20H27N5O. The molecule has 0 radical (unpaired) electrons. The highest BCUT2D eigenvalue weighted by Crippen LogP contribution is 2.18. The maximum Gasteiger partial charge on any atom is 0.222 e. The van der Waals surface area contributed by atoms with Crippen LogP contribution in [-0.4, -0.2) is 51.9 Å². The maximum absolute atomic E-state index is 12.5. The zero-order chi connectivity index (χ0) is 18.4. The lowest BCUT2D eigenvalue weighted by molar-refractivity contribution is -0.130. The molecule has 2 aromatic rings. The summed E-state index contributed by atoms with van der Waals surface area (Å²) in [6, 6.07) is 12.4. The highest BCUT2D eigenvalue weighted by atomic mass is 16.2. The molecule has 1 aliphatic rings. The number of rotatable bonds is 7. The summed E-state index contributed by atoms with van der Waals surface area (Å²) in [6.07, 6.45) is 5.14. The summed E-state index contributed by atoms with van der Waals surface area (Å²) < 4.78 is 0. The number of carbonyl (C=O) groups is 1. The number of nitrogen functional groups attached to an aromatic ring is 1. The Morgan fingerprint density at radius 2 is 2.12 bits per heavy atom. The molecule has 1 aromatic heterocycles. The average molecular weight is 353 g/mol. The second-order valence-electron chi connectivity index (χ2n) is 6.93. The van der Waals surface area contributed by atoms with Gasteiger partial charge in [0.25, 0.3) is 0 Å². The molecule has 138 valence electrons.